The van der Waals surface area contributed by atoms with Gasteiger partial charge in [-0.15, -0.1) is 0 Å². The zero-order valence-electron chi connectivity index (χ0n) is 11.8. The lowest BCUT2D eigenvalue weighted by atomic mass is 10.2. The highest BCUT2D eigenvalue weighted by molar-refractivity contribution is 8.00. The average molecular weight is 289 g/mol. The second-order valence-electron chi connectivity index (χ2n) is 5.52. The molecule has 2 heterocycles. The second-order valence-corrected chi connectivity index (χ2v) is 7.40. The Morgan fingerprint density at radius 2 is 2.00 bits per heavy atom. The van der Waals surface area contributed by atoms with Crippen molar-refractivity contribution in [1.29, 1.82) is 0 Å². The van der Waals surface area contributed by atoms with E-state index in [9.17, 15) is 4.79 Å². The van der Waals surface area contributed by atoms with Crippen LogP contribution in [0.25, 0.3) is 11.0 Å². The molecule has 3 rings (SSSR count). The molecule has 2 aromatic rings. The number of ketones is 1. The predicted molar refractivity (Wildman–Crippen MR) is 83.5 cm³/mol. The predicted octanol–water partition coefficient (Wildman–Crippen LogP) is 3.44. The first-order valence-corrected chi connectivity index (χ1v) is 7.95. The maximum Gasteiger partial charge on any atom is 0.211 e. The number of rotatable bonds is 3. The molecule has 106 valence electrons. The van der Waals surface area contributed by atoms with Crippen LogP contribution in [-0.4, -0.2) is 40.8 Å². The molecule has 1 aliphatic rings. The molecule has 4 heteroatoms. The van der Waals surface area contributed by atoms with E-state index < -0.39 is 0 Å². The summed E-state index contributed by atoms with van der Waals surface area (Å²) in [5, 5.41) is 2.16. The summed E-state index contributed by atoms with van der Waals surface area (Å²) in [4.78, 5) is 14.6. The van der Waals surface area contributed by atoms with E-state index in [1.54, 1.807) is 0 Å². The number of para-hydroxylation sites is 1. The molecule has 1 aromatic heterocycles. The Morgan fingerprint density at radius 1 is 1.30 bits per heavy atom. The number of carbonyl (C=O) groups is 1. The van der Waals surface area contributed by atoms with E-state index in [1.807, 2.05) is 42.1 Å². The Hall–Kier alpha value is -1.26. The lowest BCUT2D eigenvalue weighted by Gasteiger charge is -2.33. The minimum absolute atomic E-state index is 0.0764. The minimum Gasteiger partial charge on any atom is -0.453 e. The quantitative estimate of drug-likeness (QED) is 0.811. The van der Waals surface area contributed by atoms with Crippen LogP contribution in [0.3, 0.4) is 0 Å². The third kappa shape index (κ3) is 2.91. The summed E-state index contributed by atoms with van der Waals surface area (Å²) in [6.45, 7) is 6.84. The van der Waals surface area contributed by atoms with Crippen LogP contribution >= 0.6 is 11.8 Å². The first-order chi connectivity index (χ1) is 9.61. The smallest absolute Gasteiger partial charge is 0.211 e. The van der Waals surface area contributed by atoms with Crippen molar-refractivity contribution in [2.75, 3.05) is 19.6 Å². The Labute approximate surface area is 123 Å². The van der Waals surface area contributed by atoms with Gasteiger partial charge >= 0.3 is 0 Å². The zero-order chi connectivity index (χ0) is 14.1. The number of carbonyl (C=O) groups excluding carboxylic acids is 1. The summed E-state index contributed by atoms with van der Waals surface area (Å²) in [6, 6.07) is 9.59. The highest BCUT2D eigenvalue weighted by atomic mass is 32.2. The van der Waals surface area contributed by atoms with Gasteiger partial charge in [-0.05, 0) is 12.1 Å². The van der Waals surface area contributed by atoms with Gasteiger partial charge in [0.2, 0.25) is 5.78 Å². The Bertz CT molecular complexity index is 579. The normalized spacial score (nSPS) is 24.1. The molecule has 0 saturated carbocycles. The topological polar surface area (TPSA) is 33.5 Å². The monoisotopic (exact) mass is 289 g/mol. The van der Waals surface area contributed by atoms with Gasteiger partial charge in [0, 0.05) is 29.0 Å². The van der Waals surface area contributed by atoms with Gasteiger partial charge in [0.1, 0.15) is 5.58 Å². The van der Waals surface area contributed by atoms with E-state index in [0.29, 0.717) is 22.8 Å². The van der Waals surface area contributed by atoms with Crippen molar-refractivity contribution >= 4 is 28.5 Å². The van der Waals surface area contributed by atoms with Crippen LogP contribution in [0.2, 0.25) is 0 Å². The van der Waals surface area contributed by atoms with Gasteiger partial charge in [0.05, 0.1) is 6.54 Å². The van der Waals surface area contributed by atoms with Gasteiger partial charge in [-0.3, -0.25) is 9.69 Å². The van der Waals surface area contributed by atoms with Crippen LogP contribution in [-0.2, 0) is 0 Å². The summed E-state index contributed by atoms with van der Waals surface area (Å²) in [6.07, 6.45) is 0. The Balaban J connectivity index is 1.72. The number of nitrogens with zero attached hydrogens (tertiary/aromatic N) is 1. The van der Waals surface area contributed by atoms with Gasteiger partial charge in [-0.2, -0.15) is 11.8 Å². The molecule has 2 atom stereocenters. The van der Waals surface area contributed by atoms with Crippen LogP contribution in [0.4, 0.5) is 0 Å². The molecule has 2 unspecified atom stereocenters. The molecule has 1 aromatic carbocycles. The molecule has 0 aliphatic carbocycles. The van der Waals surface area contributed by atoms with Crippen molar-refractivity contribution in [2.45, 2.75) is 24.3 Å². The van der Waals surface area contributed by atoms with E-state index in [4.69, 9.17) is 4.42 Å². The lowest BCUT2D eigenvalue weighted by molar-refractivity contribution is 0.0904. The number of Topliss-reactive ketones (excluding diaryl/α,β-unsaturated/α-hetero) is 1. The Kier molecular flexibility index (Phi) is 3.85. The van der Waals surface area contributed by atoms with Crippen molar-refractivity contribution in [3.05, 3.63) is 36.1 Å². The number of thioether (sulfide) groups is 1. The van der Waals surface area contributed by atoms with Crippen LogP contribution in [0, 0.1) is 0 Å². The molecule has 0 bridgehead atoms. The summed E-state index contributed by atoms with van der Waals surface area (Å²) in [7, 11) is 0. The van der Waals surface area contributed by atoms with E-state index in [0.717, 1.165) is 24.1 Å². The summed E-state index contributed by atoms with van der Waals surface area (Å²) < 4.78 is 5.64. The van der Waals surface area contributed by atoms with Gasteiger partial charge in [-0.25, -0.2) is 0 Å². The van der Waals surface area contributed by atoms with Crippen molar-refractivity contribution in [3.63, 3.8) is 0 Å². The molecule has 0 radical (unpaired) electrons. The third-order valence-corrected chi connectivity index (χ3v) is 4.79. The molecular weight excluding hydrogens is 270 g/mol. The van der Waals surface area contributed by atoms with Crippen molar-refractivity contribution in [1.82, 2.24) is 4.90 Å². The van der Waals surface area contributed by atoms with Crippen molar-refractivity contribution in [2.24, 2.45) is 0 Å². The molecule has 0 N–H and O–H groups in total. The van der Waals surface area contributed by atoms with Crippen LogP contribution < -0.4 is 0 Å². The fraction of sp³-hybridized carbons (Fsp3) is 0.438. The molecule has 0 spiro atoms. The fourth-order valence-corrected chi connectivity index (χ4v) is 4.20. The summed E-state index contributed by atoms with van der Waals surface area (Å²) in [5.74, 6) is 0.553. The number of hydrogen-bond donors (Lipinski definition) is 0. The van der Waals surface area contributed by atoms with E-state index in [-0.39, 0.29) is 5.78 Å². The van der Waals surface area contributed by atoms with Gasteiger partial charge in [-0.1, -0.05) is 32.0 Å². The number of benzene rings is 1. The summed E-state index contributed by atoms with van der Waals surface area (Å²) >= 11 is 2.00. The molecule has 3 nitrogen and oxygen atoms in total. The third-order valence-electron chi connectivity index (χ3n) is 3.56. The molecule has 1 aliphatic heterocycles. The average Bonchev–Trinajstić information content (AvgIpc) is 2.81. The molecule has 1 saturated heterocycles. The van der Waals surface area contributed by atoms with Gasteiger partial charge in [0.15, 0.2) is 5.76 Å². The van der Waals surface area contributed by atoms with E-state index in [2.05, 4.69) is 18.7 Å². The molecular formula is C16H19NO2S. The largest absolute Gasteiger partial charge is 0.453 e. The zero-order valence-corrected chi connectivity index (χ0v) is 12.7. The first-order valence-electron chi connectivity index (χ1n) is 7.01. The SMILES string of the molecule is CC1CN(CC(=O)c2cc3ccccc3o2)CC(C)S1. The maximum atomic E-state index is 12.4. The highest BCUT2D eigenvalue weighted by Gasteiger charge is 2.25. The molecule has 20 heavy (non-hydrogen) atoms. The standard InChI is InChI=1S/C16H19NO2S/c1-11-8-17(9-12(2)20-11)10-14(18)16-7-13-5-3-4-6-15(13)19-16/h3-7,11-12H,8-10H2,1-2H3. The highest BCUT2D eigenvalue weighted by Crippen LogP contribution is 2.25. The van der Waals surface area contributed by atoms with Crippen LogP contribution in [0.15, 0.2) is 34.7 Å². The number of furan rings is 1. The second kappa shape index (κ2) is 5.62. The van der Waals surface area contributed by atoms with Gasteiger partial charge < -0.3 is 4.42 Å². The first kappa shape index (κ1) is 13.7. The number of fused-ring (bicyclic) bond motifs is 1. The minimum atomic E-state index is 0.0764. The summed E-state index contributed by atoms with van der Waals surface area (Å²) in [5.41, 5.74) is 0.784. The number of hydrogen-bond acceptors (Lipinski definition) is 4. The van der Waals surface area contributed by atoms with Crippen molar-refractivity contribution in [3.8, 4) is 0 Å². The lowest BCUT2D eigenvalue weighted by Crippen LogP contribution is -2.42. The fourth-order valence-electron chi connectivity index (χ4n) is 2.81. The molecule has 1 fully saturated rings. The Morgan fingerprint density at radius 3 is 2.70 bits per heavy atom. The van der Waals surface area contributed by atoms with Crippen LogP contribution in [0.1, 0.15) is 24.4 Å². The molecule has 0 amide bonds. The van der Waals surface area contributed by atoms with Crippen LogP contribution in [0.5, 0.6) is 0 Å². The van der Waals surface area contributed by atoms with Crippen molar-refractivity contribution < 1.29 is 9.21 Å². The van der Waals surface area contributed by atoms with E-state index >= 15 is 0 Å². The maximum absolute atomic E-state index is 12.4. The van der Waals surface area contributed by atoms with E-state index in [1.165, 1.54) is 0 Å². The van der Waals surface area contributed by atoms with Gasteiger partial charge in [0.25, 0.3) is 0 Å².